The topological polar surface area (TPSA) is 231 Å². The van der Waals surface area contributed by atoms with E-state index in [0.29, 0.717) is 48.3 Å². The lowest BCUT2D eigenvalue weighted by atomic mass is 10.1. The molecule has 0 saturated heterocycles. The predicted octanol–water partition coefficient (Wildman–Crippen LogP) is 4.41. The van der Waals surface area contributed by atoms with Gasteiger partial charge in [0.1, 0.15) is 16.9 Å². The second-order valence-corrected chi connectivity index (χ2v) is 15.3. The maximum absolute atomic E-state index is 13.8. The van der Waals surface area contributed by atoms with Crippen LogP contribution in [0.3, 0.4) is 0 Å². The Labute approximate surface area is 318 Å². The molecular formula is C40H49FN12O2. The van der Waals surface area contributed by atoms with Crippen molar-refractivity contribution < 1.29 is 14.0 Å². The third-order valence-corrected chi connectivity index (χ3v) is 9.11. The summed E-state index contributed by atoms with van der Waals surface area (Å²) in [5, 5.41) is 9.00. The van der Waals surface area contributed by atoms with Crippen molar-refractivity contribution in [3.63, 3.8) is 0 Å². The summed E-state index contributed by atoms with van der Waals surface area (Å²) in [7, 11) is 0. The van der Waals surface area contributed by atoms with Gasteiger partial charge in [0.15, 0.2) is 0 Å². The second kappa shape index (κ2) is 15.5. The highest BCUT2D eigenvalue weighted by Gasteiger charge is 2.23. The molecule has 0 fully saturated rings. The Morgan fingerprint density at radius 3 is 1.64 bits per heavy atom. The molecule has 2 aliphatic heterocycles. The van der Waals surface area contributed by atoms with Gasteiger partial charge in [-0.05, 0) is 65.8 Å². The molecule has 4 aromatic heterocycles. The highest BCUT2D eigenvalue weighted by atomic mass is 19.1. The number of amides is 2. The number of nitrogens with zero attached hydrogens (tertiary/aromatic N) is 4. The molecular weight excluding hydrogens is 700 g/mol. The fourth-order valence-electron chi connectivity index (χ4n) is 6.10. The summed E-state index contributed by atoms with van der Waals surface area (Å²) in [6.07, 6.45) is 1.56. The number of rotatable bonds is 6. The molecule has 0 radical (unpaired) electrons. The SMILES string of the molecule is CC(C)(N)CN.Cc1nc2cccc(-c3cc4c([nH]3)CCNC4=O)c2nc1F.Cc1nc2cccc(-c3cc4c([nH]3)CCNC4=O)c2nc1NCC(C)(C)N. The molecule has 0 bridgehead atoms. The van der Waals surface area contributed by atoms with Crippen LogP contribution in [0, 0.1) is 19.8 Å². The zero-order valence-corrected chi connectivity index (χ0v) is 32.1. The average Bonchev–Trinajstić information content (AvgIpc) is 3.77. The zero-order valence-electron chi connectivity index (χ0n) is 32.1. The van der Waals surface area contributed by atoms with Crippen molar-refractivity contribution in [2.75, 3.05) is 31.5 Å². The van der Waals surface area contributed by atoms with E-state index >= 15 is 0 Å². The van der Waals surface area contributed by atoms with E-state index in [0.717, 1.165) is 69.3 Å². The third-order valence-electron chi connectivity index (χ3n) is 9.11. The summed E-state index contributed by atoms with van der Waals surface area (Å²) >= 11 is 0. The monoisotopic (exact) mass is 748 g/mol. The molecule has 6 heterocycles. The summed E-state index contributed by atoms with van der Waals surface area (Å²) in [5.41, 5.74) is 26.5. The van der Waals surface area contributed by atoms with E-state index in [9.17, 15) is 14.0 Å². The number of aryl methyl sites for hydroxylation is 2. The lowest BCUT2D eigenvalue weighted by Gasteiger charge is -2.20. The van der Waals surface area contributed by atoms with E-state index in [1.54, 1.807) is 19.1 Å². The minimum atomic E-state index is -0.575. The summed E-state index contributed by atoms with van der Waals surface area (Å²) in [4.78, 5) is 48.4. The van der Waals surface area contributed by atoms with Gasteiger partial charge in [0.2, 0.25) is 5.95 Å². The summed E-state index contributed by atoms with van der Waals surface area (Å²) in [5.74, 6) is 0.0297. The number of nitrogens with two attached hydrogens (primary N) is 3. The highest BCUT2D eigenvalue weighted by molar-refractivity contribution is 6.00. The number of aromatic amines is 2. The van der Waals surface area contributed by atoms with Crippen molar-refractivity contribution in [1.82, 2.24) is 40.5 Å². The zero-order chi connectivity index (χ0) is 39.7. The van der Waals surface area contributed by atoms with E-state index < -0.39 is 5.95 Å². The third kappa shape index (κ3) is 8.96. The molecule has 2 aromatic carbocycles. The van der Waals surface area contributed by atoms with Gasteiger partial charge >= 0.3 is 0 Å². The van der Waals surface area contributed by atoms with Gasteiger partial charge in [-0.1, -0.05) is 24.3 Å². The molecule has 0 spiro atoms. The molecule has 0 atom stereocenters. The lowest BCUT2D eigenvalue weighted by molar-refractivity contribution is 0.0937. The standard InChI is InChI=1S/C20H24N6O.C16H13FN4O.C4H12N2/c1-11-18(23-10-20(2,3)21)26-17-12(5-4-6-15(17)24-11)16-9-13-14(25-16)7-8-22-19(13)27;1-8-15(17)21-14-9(3-2-4-12(14)19-8)13-7-10-11(20-13)5-6-18-16(10)22;1-4(2,6)3-5/h4-6,9,25H,7-8,10,21H2,1-3H3,(H,22,27)(H,23,26);2-4,7,20H,5-6H2,1H3,(H,18,22);3,5-6H2,1-2H3. The molecule has 0 aliphatic carbocycles. The molecule has 14 nitrogen and oxygen atoms in total. The van der Waals surface area contributed by atoms with Gasteiger partial charge in [-0.3, -0.25) is 9.59 Å². The maximum atomic E-state index is 13.8. The number of halogens is 1. The number of fused-ring (bicyclic) bond motifs is 4. The Morgan fingerprint density at radius 1 is 0.709 bits per heavy atom. The molecule has 2 amide bonds. The first-order chi connectivity index (χ1) is 26.0. The van der Waals surface area contributed by atoms with Crippen molar-refractivity contribution in [3.8, 4) is 22.5 Å². The molecule has 2 aliphatic rings. The quantitative estimate of drug-likeness (QED) is 0.120. The van der Waals surface area contributed by atoms with E-state index in [1.807, 2.05) is 71.0 Å². The number of para-hydroxylation sites is 2. The van der Waals surface area contributed by atoms with Crippen molar-refractivity contribution in [3.05, 3.63) is 88.4 Å². The second-order valence-electron chi connectivity index (χ2n) is 15.3. The molecule has 15 heteroatoms. The van der Waals surface area contributed by atoms with E-state index in [4.69, 9.17) is 27.2 Å². The Morgan fingerprint density at radius 2 is 1.18 bits per heavy atom. The minimum absolute atomic E-state index is 0.0338. The molecule has 0 unspecified atom stereocenters. The van der Waals surface area contributed by atoms with Crippen LogP contribution in [0.1, 0.15) is 71.2 Å². The van der Waals surface area contributed by atoms with Gasteiger partial charge < -0.3 is 43.1 Å². The van der Waals surface area contributed by atoms with Crippen molar-refractivity contribution in [2.24, 2.45) is 17.2 Å². The number of nitrogens with one attached hydrogen (secondary N) is 5. The van der Waals surface area contributed by atoms with Gasteiger partial charge in [0.25, 0.3) is 11.8 Å². The van der Waals surface area contributed by atoms with Crippen LogP contribution < -0.4 is 33.2 Å². The van der Waals surface area contributed by atoms with Crippen LogP contribution in [0.4, 0.5) is 10.2 Å². The Hall–Kier alpha value is -5.77. The first kappa shape index (κ1) is 38.9. The van der Waals surface area contributed by atoms with Crippen molar-refractivity contribution in [1.29, 1.82) is 0 Å². The Bertz CT molecular complexity index is 2390. The van der Waals surface area contributed by atoms with Gasteiger partial charge in [-0.2, -0.15) is 4.39 Å². The first-order valence-corrected chi connectivity index (χ1v) is 18.2. The van der Waals surface area contributed by atoms with Crippen molar-refractivity contribution in [2.45, 2.75) is 65.5 Å². The van der Waals surface area contributed by atoms with E-state index in [-0.39, 0.29) is 28.6 Å². The predicted molar refractivity (Wildman–Crippen MR) is 214 cm³/mol. The van der Waals surface area contributed by atoms with Crippen molar-refractivity contribution >= 4 is 39.7 Å². The molecule has 288 valence electrons. The average molecular weight is 749 g/mol. The normalized spacial score (nSPS) is 13.9. The summed E-state index contributed by atoms with van der Waals surface area (Å²) in [6.45, 7) is 13.7. The number of benzene rings is 2. The lowest BCUT2D eigenvalue weighted by Crippen LogP contribution is -2.40. The molecule has 0 saturated carbocycles. The largest absolute Gasteiger partial charge is 0.367 e. The van der Waals surface area contributed by atoms with Crippen LogP contribution in [0.25, 0.3) is 44.6 Å². The number of carbonyl (C=O) groups is 2. The Kier molecular flexibility index (Phi) is 11.0. The van der Waals surface area contributed by atoms with Crippen LogP contribution in [0.2, 0.25) is 0 Å². The smallest absolute Gasteiger partial charge is 0.253 e. The Balaban J connectivity index is 0.000000166. The number of carbonyl (C=O) groups excluding carboxylic acids is 2. The van der Waals surface area contributed by atoms with E-state index in [2.05, 4.69) is 35.9 Å². The number of anilines is 1. The first-order valence-electron chi connectivity index (χ1n) is 18.2. The van der Waals surface area contributed by atoms with Gasteiger partial charge in [0, 0.05) is 84.0 Å². The van der Waals surface area contributed by atoms with Crippen LogP contribution in [-0.4, -0.2) is 79.0 Å². The molecule has 8 rings (SSSR count). The molecule has 11 N–H and O–H groups in total. The number of aromatic nitrogens is 6. The van der Waals surface area contributed by atoms with E-state index in [1.165, 1.54) is 0 Å². The number of hydrogen-bond acceptors (Lipinski definition) is 10. The van der Waals surface area contributed by atoms with Crippen LogP contribution in [-0.2, 0) is 12.8 Å². The summed E-state index contributed by atoms with van der Waals surface area (Å²) < 4.78 is 13.8. The van der Waals surface area contributed by atoms with Gasteiger partial charge in [0.05, 0.1) is 33.5 Å². The maximum Gasteiger partial charge on any atom is 0.253 e. The fourth-order valence-corrected chi connectivity index (χ4v) is 6.10. The molecule has 6 aromatic rings. The molecule has 55 heavy (non-hydrogen) atoms. The number of H-pyrrole nitrogens is 2. The van der Waals surface area contributed by atoms with Crippen LogP contribution in [0.5, 0.6) is 0 Å². The summed E-state index contributed by atoms with van der Waals surface area (Å²) in [6, 6.07) is 15.1. The van der Waals surface area contributed by atoms with Gasteiger partial charge in [-0.15, -0.1) is 0 Å². The fraction of sp³-hybridized carbons (Fsp3) is 0.350. The van der Waals surface area contributed by atoms with Crippen LogP contribution >= 0.6 is 0 Å². The van der Waals surface area contributed by atoms with Gasteiger partial charge in [-0.25, -0.2) is 19.9 Å². The number of hydrogen-bond donors (Lipinski definition) is 8. The highest BCUT2D eigenvalue weighted by Crippen LogP contribution is 2.31. The minimum Gasteiger partial charge on any atom is -0.367 e. The van der Waals surface area contributed by atoms with Crippen LogP contribution in [0.15, 0.2) is 48.5 Å².